The molecule has 72 valence electrons. The molecule has 0 unspecified atom stereocenters. The molecule has 0 N–H and O–H groups in total. The average Bonchev–Trinajstić information content (AvgIpc) is 2.10. The van der Waals surface area contributed by atoms with E-state index in [2.05, 4.69) is 34.6 Å². The van der Waals surface area contributed by atoms with Crippen LogP contribution in [0.3, 0.4) is 0 Å². The lowest BCUT2D eigenvalue weighted by molar-refractivity contribution is 1.24. The maximum atomic E-state index is 2.32. The van der Waals surface area contributed by atoms with Crippen molar-refractivity contribution in [2.45, 2.75) is 61.0 Å². The second-order valence-electron chi connectivity index (χ2n) is 3.44. The van der Waals surface area contributed by atoms with Crippen LogP contribution in [-0.2, 0) is 0 Å². The Labute approximate surface area is 90.2 Å². The van der Waals surface area contributed by atoms with Crippen molar-refractivity contribution in [3.63, 3.8) is 0 Å². The normalized spacial score (nSPS) is 8.42. The average molecular weight is 200 g/mol. The molecule has 0 saturated heterocycles. The molecule has 0 atom stereocenters. The zero-order chi connectivity index (χ0) is 9.82. The highest BCUT2D eigenvalue weighted by Crippen LogP contribution is 2.01. The van der Waals surface area contributed by atoms with Gasteiger partial charge in [-0.15, -0.1) is 10.6 Å². The van der Waals surface area contributed by atoms with Gasteiger partial charge in [-0.3, -0.25) is 0 Å². The Morgan fingerprint density at radius 3 is 1.08 bits per heavy atom. The smallest absolute Gasteiger partial charge is 0.100 e. The van der Waals surface area contributed by atoms with Crippen LogP contribution in [0, 0.1) is 0 Å². The van der Waals surface area contributed by atoms with Crippen LogP contribution >= 0.6 is 0 Å². The zero-order valence-electron chi connectivity index (χ0n) is 9.82. The van der Waals surface area contributed by atoms with Crippen LogP contribution in [0.5, 0.6) is 0 Å². The van der Waals surface area contributed by atoms with E-state index in [-0.39, 0.29) is 14.1 Å². The molecule has 0 amide bonds. The first-order valence-corrected chi connectivity index (χ1v) is 10.2. The molecule has 0 spiro atoms. The monoisotopic (exact) mass is 200 g/mol. The van der Waals surface area contributed by atoms with Crippen LogP contribution in [0.4, 0.5) is 0 Å². The van der Waals surface area contributed by atoms with Crippen molar-refractivity contribution >= 4 is 29.4 Å². The van der Waals surface area contributed by atoms with Gasteiger partial charge in [-0.05, 0) is 0 Å². The van der Waals surface area contributed by atoms with E-state index in [4.69, 9.17) is 0 Å². The van der Waals surface area contributed by atoms with Crippen molar-refractivity contribution in [3.05, 3.63) is 0 Å². The van der Waals surface area contributed by atoms with Crippen LogP contribution in [0.2, 0.25) is 26.4 Å². The SMILES string of the molecule is C[CH2][AlH][CH2]C.C[CH2][Al]([CH2]C)[CH2]C. The van der Waals surface area contributed by atoms with E-state index in [1.54, 1.807) is 0 Å². The Kier molecular flexibility index (Phi) is 18.9. The molecule has 0 aliphatic carbocycles. The fourth-order valence-corrected chi connectivity index (χ4v) is 3.66. The summed E-state index contributed by atoms with van der Waals surface area (Å²) < 4.78 is 0. The Balaban J connectivity index is 0. The van der Waals surface area contributed by atoms with Crippen LogP contribution < -0.4 is 0 Å². The van der Waals surface area contributed by atoms with E-state index in [1.165, 1.54) is 26.4 Å². The number of hydrogen-bond donors (Lipinski definition) is 0. The lowest BCUT2D eigenvalue weighted by atomic mass is 10.9. The van der Waals surface area contributed by atoms with E-state index in [0.29, 0.717) is 15.2 Å². The van der Waals surface area contributed by atoms with Gasteiger partial charge in [0.25, 0.3) is 14.1 Å². The summed E-state index contributed by atoms with van der Waals surface area (Å²) in [6, 6.07) is 0. The molecule has 0 heterocycles. The van der Waals surface area contributed by atoms with E-state index in [0.717, 1.165) is 0 Å². The van der Waals surface area contributed by atoms with Gasteiger partial charge in [0.05, 0.1) is 0 Å². The van der Waals surface area contributed by atoms with Crippen molar-refractivity contribution in [3.8, 4) is 0 Å². The maximum absolute atomic E-state index is 2.32. The zero-order valence-corrected chi connectivity index (χ0v) is 12.4. The fourth-order valence-electron chi connectivity index (χ4n) is 1.22. The third-order valence-corrected chi connectivity index (χ3v) is 7.32. The highest BCUT2D eigenvalue weighted by atomic mass is 27.2. The first-order chi connectivity index (χ1) is 5.76. The molecule has 0 radical (unpaired) electrons. The van der Waals surface area contributed by atoms with Crippen LogP contribution in [-0.4, -0.2) is 29.4 Å². The summed E-state index contributed by atoms with van der Waals surface area (Å²) in [7, 11) is 0. The minimum atomic E-state index is -0.171. The first kappa shape index (κ1) is 15.5. The standard InChI is InChI=1S/5C2H5.2Al.H/c5*1-2;;;/h5*1H2,2H3;;;. The molecular weight excluding hydrogens is 174 g/mol. The quantitative estimate of drug-likeness (QED) is 0.591. The van der Waals surface area contributed by atoms with Gasteiger partial charge in [0.15, 0.2) is 0 Å². The molecule has 2 heteroatoms. The van der Waals surface area contributed by atoms with Gasteiger partial charge in [-0.1, -0.05) is 50.5 Å². The molecule has 0 aromatic heterocycles. The fraction of sp³-hybridized carbons (Fsp3) is 1.00. The molecule has 0 aromatic carbocycles. The van der Waals surface area contributed by atoms with Crippen LogP contribution in [0.1, 0.15) is 34.6 Å². The van der Waals surface area contributed by atoms with E-state index in [1.807, 2.05) is 0 Å². The third-order valence-electron chi connectivity index (χ3n) is 2.44. The summed E-state index contributed by atoms with van der Waals surface area (Å²) in [5.74, 6) is 0. The van der Waals surface area contributed by atoms with Crippen molar-refractivity contribution in [1.29, 1.82) is 0 Å². The highest BCUT2D eigenvalue weighted by molar-refractivity contribution is 6.58. The predicted molar refractivity (Wildman–Crippen MR) is 65.3 cm³/mol. The number of rotatable bonds is 5. The van der Waals surface area contributed by atoms with Gasteiger partial charge in [-0.2, -0.15) is 0 Å². The van der Waals surface area contributed by atoms with Gasteiger partial charge in [0.1, 0.15) is 0 Å². The molecule has 0 aliphatic rings. The largest absolute Gasteiger partial charge is 0.261 e. The van der Waals surface area contributed by atoms with Crippen molar-refractivity contribution in [2.75, 3.05) is 0 Å². The Bertz CT molecular complexity index is 53.3. The summed E-state index contributed by atoms with van der Waals surface area (Å²) in [5.41, 5.74) is 0. The second kappa shape index (κ2) is 14.6. The Hall–Kier alpha value is 1.06. The summed E-state index contributed by atoms with van der Waals surface area (Å²) in [5, 5.41) is 7.44. The van der Waals surface area contributed by atoms with E-state index < -0.39 is 0 Å². The molecule has 0 aromatic rings. The van der Waals surface area contributed by atoms with Gasteiger partial charge in [-0.25, -0.2) is 0 Å². The predicted octanol–water partition coefficient (Wildman–Crippen LogP) is 3.84. The summed E-state index contributed by atoms with van der Waals surface area (Å²) in [4.78, 5) is 0. The lowest BCUT2D eigenvalue weighted by Crippen LogP contribution is -2.04. The minimum Gasteiger partial charge on any atom is -0.100 e. The molecular formula is C10H26Al2. The molecule has 0 nitrogen and oxygen atoms in total. The highest BCUT2D eigenvalue weighted by Gasteiger charge is 2.05. The summed E-state index contributed by atoms with van der Waals surface area (Å²) >= 11 is 0.261. The topological polar surface area (TPSA) is 0 Å². The first-order valence-electron chi connectivity index (χ1n) is 5.76. The van der Waals surface area contributed by atoms with Gasteiger partial charge >= 0.3 is 0 Å². The third kappa shape index (κ3) is 13.6. The minimum absolute atomic E-state index is 0.171. The Morgan fingerprint density at radius 1 is 0.750 bits per heavy atom. The lowest BCUT2D eigenvalue weighted by Gasteiger charge is -1.97. The van der Waals surface area contributed by atoms with E-state index >= 15 is 0 Å². The summed E-state index contributed by atoms with van der Waals surface area (Å²) in [6.45, 7) is 11.5. The van der Waals surface area contributed by atoms with Gasteiger partial charge in [0, 0.05) is 0 Å². The molecule has 0 saturated carbocycles. The van der Waals surface area contributed by atoms with Crippen molar-refractivity contribution in [1.82, 2.24) is 0 Å². The summed E-state index contributed by atoms with van der Waals surface area (Å²) in [6.07, 6.45) is 0. The van der Waals surface area contributed by atoms with Crippen molar-refractivity contribution in [2.24, 2.45) is 0 Å². The molecule has 0 bridgehead atoms. The van der Waals surface area contributed by atoms with Gasteiger partial charge < -0.3 is 0 Å². The maximum Gasteiger partial charge on any atom is 0.261 e. The molecule has 0 rings (SSSR count). The second-order valence-corrected chi connectivity index (χ2v) is 10.3. The van der Waals surface area contributed by atoms with Crippen LogP contribution in [0.25, 0.3) is 0 Å². The van der Waals surface area contributed by atoms with Crippen LogP contribution in [0.15, 0.2) is 0 Å². The van der Waals surface area contributed by atoms with Crippen molar-refractivity contribution < 1.29 is 0 Å². The molecule has 12 heavy (non-hydrogen) atoms. The van der Waals surface area contributed by atoms with E-state index in [9.17, 15) is 0 Å². The van der Waals surface area contributed by atoms with Gasteiger partial charge in [0.2, 0.25) is 15.2 Å². The molecule has 0 fully saturated rings. The number of hydrogen-bond acceptors (Lipinski definition) is 0. The molecule has 0 aliphatic heterocycles. The Morgan fingerprint density at radius 2 is 1.08 bits per heavy atom.